The maximum Gasteiger partial charge on any atom is 0.142 e. The van der Waals surface area contributed by atoms with Crippen LogP contribution in [0.3, 0.4) is 0 Å². The largest absolute Gasteiger partial charge is 0.381 e. The summed E-state index contributed by atoms with van der Waals surface area (Å²) in [5.74, 6) is 0.461. The van der Waals surface area contributed by atoms with Gasteiger partial charge >= 0.3 is 0 Å². The Morgan fingerprint density at radius 3 is 2.58 bits per heavy atom. The molecule has 2 aliphatic rings. The van der Waals surface area contributed by atoms with Gasteiger partial charge in [-0.3, -0.25) is 19.4 Å². The third-order valence-electron chi connectivity index (χ3n) is 6.71. The number of hydrogen-bond donors (Lipinski definition) is 0. The summed E-state index contributed by atoms with van der Waals surface area (Å²) in [6.07, 6.45) is 12.0. The van der Waals surface area contributed by atoms with Crippen LogP contribution in [-0.2, 0) is 23.0 Å². The molecule has 2 saturated heterocycles. The number of aromatic nitrogens is 4. The van der Waals surface area contributed by atoms with Gasteiger partial charge in [0.2, 0.25) is 0 Å². The number of pyridine rings is 2. The summed E-state index contributed by atoms with van der Waals surface area (Å²) in [5, 5.41) is 5.25. The van der Waals surface area contributed by atoms with E-state index in [0.29, 0.717) is 18.2 Å². The highest BCUT2D eigenvalue weighted by molar-refractivity contribution is 5.86. The fourth-order valence-electron chi connectivity index (χ4n) is 4.86. The number of hydrogen-bond acceptors (Lipinski definition) is 6. The predicted octanol–water partition coefficient (Wildman–Crippen LogP) is 3.03. The van der Waals surface area contributed by atoms with Crippen LogP contribution in [0.1, 0.15) is 31.4 Å². The molecule has 3 aromatic heterocycles. The second-order valence-corrected chi connectivity index (χ2v) is 8.79. The van der Waals surface area contributed by atoms with Gasteiger partial charge in [0, 0.05) is 73.2 Å². The lowest BCUT2D eigenvalue weighted by atomic mass is 9.89. The maximum absolute atomic E-state index is 13.0. The Morgan fingerprint density at radius 1 is 1.03 bits per heavy atom. The zero-order chi connectivity index (χ0) is 21.2. The maximum atomic E-state index is 13.0. The fourth-order valence-corrected chi connectivity index (χ4v) is 4.86. The van der Waals surface area contributed by atoms with Crippen LogP contribution < -0.4 is 0 Å². The van der Waals surface area contributed by atoms with Crippen LogP contribution >= 0.6 is 0 Å². The third kappa shape index (κ3) is 4.52. The van der Waals surface area contributed by atoms with Gasteiger partial charge in [0.15, 0.2) is 0 Å². The van der Waals surface area contributed by atoms with E-state index < -0.39 is 0 Å². The molecule has 2 fully saturated rings. The van der Waals surface area contributed by atoms with Crippen molar-refractivity contribution in [1.29, 1.82) is 0 Å². The van der Waals surface area contributed by atoms with E-state index in [1.807, 2.05) is 31.7 Å². The molecule has 7 heteroatoms. The van der Waals surface area contributed by atoms with Crippen molar-refractivity contribution in [2.75, 3.05) is 26.3 Å². The number of carbonyl (C=O) groups excluding carboxylic acids is 1. The summed E-state index contributed by atoms with van der Waals surface area (Å²) in [5.41, 5.74) is 3.72. The van der Waals surface area contributed by atoms with E-state index in [1.165, 1.54) is 0 Å². The minimum Gasteiger partial charge on any atom is -0.381 e. The number of rotatable bonds is 5. The molecule has 0 spiro atoms. The molecule has 0 amide bonds. The second-order valence-electron chi connectivity index (χ2n) is 8.79. The number of piperidine rings is 1. The second kappa shape index (κ2) is 8.85. The predicted molar refractivity (Wildman–Crippen MR) is 119 cm³/mol. The number of aryl methyl sites for hydroxylation is 1. The van der Waals surface area contributed by atoms with Crippen molar-refractivity contribution >= 4 is 16.7 Å². The van der Waals surface area contributed by atoms with E-state index >= 15 is 0 Å². The average molecular weight is 420 g/mol. The topological polar surface area (TPSA) is 73.1 Å². The number of ether oxygens (including phenoxy) is 1. The summed E-state index contributed by atoms with van der Waals surface area (Å²) in [6, 6.07) is 4.74. The highest BCUT2D eigenvalue weighted by Gasteiger charge is 2.29. The molecular formula is C24H29N5O2. The van der Waals surface area contributed by atoms with E-state index in [2.05, 4.69) is 26.0 Å². The molecule has 7 nitrogen and oxygen atoms in total. The lowest BCUT2D eigenvalue weighted by molar-refractivity contribution is -0.124. The van der Waals surface area contributed by atoms with E-state index in [0.717, 1.165) is 79.7 Å². The zero-order valence-corrected chi connectivity index (χ0v) is 18.0. The number of ketones is 1. The summed E-state index contributed by atoms with van der Waals surface area (Å²) in [6.45, 7) is 3.78. The van der Waals surface area contributed by atoms with Crippen LogP contribution in [-0.4, -0.2) is 62.8 Å². The van der Waals surface area contributed by atoms with Crippen molar-refractivity contribution in [3.05, 3.63) is 42.6 Å². The molecule has 162 valence electrons. The Labute approximate surface area is 182 Å². The Morgan fingerprint density at radius 2 is 1.84 bits per heavy atom. The van der Waals surface area contributed by atoms with Gasteiger partial charge in [0.1, 0.15) is 5.78 Å². The molecule has 5 rings (SSSR count). The van der Waals surface area contributed by atoms with Gasteiger partial charge in [-0.25, -0.2) is 0 Å². The Hall–Kier alpha value is -2.64. The molecule has 31 heavy (non-hydrogen) atoms. The van der Waals surface area contributed by atoms with Crippen LogP contribution in [0.2, 0.25) is 0 Å². The lowest BCUT2D eigenvalue weighted by Crippen LogP contribution is -2.45. The van der Waals surface area contributed by atoms with Crippen molar-refractivity contribution in [2.24, 2.45) is 13.0 Å². The normalized spacial score (nSPS) is 19.1. The first-order valence-corrected chi connectivity index (χ1v) is 11.2. The molecular weight excluding hydrogens is 390 g/mol. The minimum absolute atomic E-state index is 0.147. The van der Waals surface area contributed by atoms with Crippen LogP contribution in [0.15, 0.2) is 36.9 Å². The summed E-state index contributed by atoms with van der Waals surface area (Å²) >= 11 is 0. The Balaban J connectivity index is 1.24. The molecule has 0 radical (unpaired) electrons. The zero-order valence-electron chi connectivity index (χ0n) is 18.0. The van der Waals surface area contributed by atoms with E-state index in [4.69, 9.17) is 4.74 Å². The number of likely N-dealkylation sites (tertiary alicyclic amines) is 1. The van der Waals surface area contributed by atoms with Gasteiger partial charge in [-0.15, -0.1) is 0 Å². The van der Waals surface area contributed by atoms with Crippen LogP contribution in [0.25, 0.3) is 22.0 Å². The summed E-state index contributed by atoms with van der Waals surface area (Å²) < 4.78 is 7.27. The molecule has 0 bridgehead atoms. The molecule has 2 aliphatic heterocycles. The molecule has 3 aromatic rings. The van der Waals surface area contributed by atoms with Gasteiger partial charge in [0.25, 0.3) is 0 Å². The monoisotopic (exact) mass is 419 g/mol. The first kappa shape index (κ1) is 20.3. The number of Topliss-reactive ketones (excluding diaryl/α,β-unsaturated/α-hetero) is 1. The minimum atomic E-state index is 0.147. The lowest BCUT2D eigenvalue weighted by Gasteiger charge is -2.38. The highest BCUT2D eigenvalue weighted by atomic mass is 16.5. The van der Waals surface area contributed by atoms with E-state index in [-0.39, 0.29) is 5.92 Å². The highest BCUT2D eigenvalue weighted by Crippen LogP contribution is 2.26. The number of fused-ring (bicyclic) bond motifs is 1. The Bertz CT molecular complexity index is 1060. The van der Waals surface area contributed by atoms with Crippen LogP contribution in [0.5, 0.6) is 0 Å². The molecule has 0 atom stereocenters. The van der Waals surface area contributed by atoms with Crippen molar-refractivity contribution < 1.29 is 9.53 Å². The van der Waals surface area contributed by atoms with Gasteiger partial charge < -0.3 is 9.64 Å². The molecule has 5 heterocycles. The van der Waals surface area contributed by atoms with Crippen LogP contribution in [0.4, 0.5) is 0 Å². The van der Waals surface area contributed by atoms with Crippen molar-refractivity contribution in [3.63, 3.8) is 0 Å². The van der Waals surface area contributed by atoms with E-state index in [9.17, 15) is 4.79 Å². The van der Waals surface area contributed by atoms with Crippen molar-refractivity contribution in [1.82, 2.24) is 24.6 Å². The molecule has 0 N–H and O–H groups in total. The van der Waals surface area contributed by atoms with Gasteiger partial charge in [-0.1, -0.05) is 0 Å². The molecule has 0 aromatic carbocycles. The van der Waals surface area contributed by atoms with Crippen molar-refractivity contribution in [2.45, 2.75) is 38.1 Å². The number of nitrogens with zero attached hydrogens (tertiary/aromatic N) is 5. The summed E-state index contributed by atoms with van der Waals surface area (Å²) in [4.78, 5) is 24.6. The fraction of sp³-hybridized carbons (Fsp3) is 0.500. The summed E-state index contributed by atoms with van der Waals surface area (Å²) in [7, 11) is 1.90. The third-order valence-corrected chi connectivity index (χ3v) is 6.71. The van der Waals surface area contributed by atoms with Gasteiger partial charge in [-0.05, 0) is 50.9 Å². The quantitative estimate of drug-likeness (QED) is 0.633. The Kier molecular flexibility index (Phi) is 5.78. The molecule has 0 aliphatic carbocycles. The first-order valence-electron chi connectivity index (χ1n) is 11.2. The van der Waals surface area contributed by atoms with Gasteiger partial charge in [0.05, 0.1) is 17.9 Å². The van der Waals surface area contributed by atoms with Crippen LogP contribution in [0, 0.1) is 5.92 Å². The van der Waals surface area contributed by atoms with Crippen molar-refractivity contribution in [3.8, 4) is 11.1 Å². The first-order chi connectivity index (χ1) is 15.2. The average Bonchev–Trinajstić information content (AvgIpc) is 3.25. The molecule has 0 unspecified atom stereocenters. The SMILES string of the molecule is Cn1cc(-c2cnc3cnc(CC(=O)C4CCN(C5CCOCC5)CC4)cc3c2)cn1. The van der Waals surface area contributed by atoms with E-state index in [1.54, 1.807) is 10.9 Å². The molecule has 0 saturated carbocycles. The van der Waals surface area contributed by atoms with Gasteiger partial charge in [-0.2, -0.15) is 5.10 Å². The number of carbonyl (C=O) groups is 1. The smallest absolute Gasteiger partial charge is 0.142 e. The standard InChI is InChI=1S/C24H29N5O2/c1-28-16-20(14-27-28)19-10-18-11-21(25-15-23(18)26-13-19)12-24(30)17-2-6-29(7-3-17)22-4-8-31-9-5-22/h10-11,13-17,22H,2-9,12H2,1H3.